The molecule has 21 heavy (non-hydrogen) atoms. The van der Waals surface area contributed by atoms with Crippen molar-refractivity contribution in [2.24, 2.45) is 11.8 Å². The summed E-state index contributed by atoms with van der Waals surface area (Å²) in [5.74, 6) is 0.346. The van der Waals surface area contributed by atoms with Crippen LogP contribution in [0.3, 0.4) is 0 Å². The Morgan fingerprint density at radius 1 is 1.19 bits per heavy atom. The minimum Gasteiger partial charge on any atom is -0.465 e. The standard InChI is InChI=1S/C15H28N2O4/c1-15(2,3)17(14(19)20)10-11-6-8-12(9-7-11)13(18)16(4)21-5/h11-12H,6-10H2,1-5H3,(H,19,20). The van der Waals surface area contributed by atoms with Crippen LogP contribution in [-0.4, -0.2) is 53.3 Å². The largest absolute Gasteiger partial charge is 0.465 e. The predicted octanol–water partition coefficient (Wildman–Crippen LogP) is 2.59. The summed E-state index contributed by atoms with van der Waals surface area (Å²) in [6, 6.07) is 0. The molecular weight excluding hydrogens is 272 g/mol. The van der Waals surface area contributed by atoms with Crippen molar-refractivity contribution in [2.75, 3.05) is 20.7 Å². The molecule has 0 saturated heterocycles. The first-order chi connectivity index (χ1) is 9.66. The lowest BCUT2D eigenvalue weighted by Crippen LogP contribution is -2.48. The Bertz CT molecular complexity index is 370. The van der Waals surface area contributed by atoms with E-state index in [-0.39, 0.29) is 11.8 Å². The number of carbonyl (C=O) groups is 2. The first-order valence-corrected chi connectivity index (χ1v) is 7.49. The van der Waals surface area contributed by atoms with E-state index < -0.39 is 11.6 Å². The third-order valence-electron chi connectivity index (χ3n) is 4.26. The van der Waals surface area contributed by atoms with Crippen molar-refractivity contribution in [2.45, 2.75) is 52.0 Å². The van der Waals surface area contributed by atoms with E-state index in [1.165, 1.54) is 17.1 Å². The van der Waals surface area contributed by atoms with Crippen LogP contribution in [0, 0.1) is 11.8 Å². The van der Waals surface area contributed by atoms with Crippen LogP contribution in [0.15, 0.2) is 0 Å². The third-order valence-corrected chi connectivity index (χ3v) is 4.26. The molecule has 122 valence electrons. The normalized spacial score (nSPS) is 22.7. The molecule has 2 amide bonds. The number of amides is 2. The molecule has 0 heterocycles. The van der Waals surface area contributed by atoms with Gasteiger partial charge in [-0.2, -0.15) is 0 Å². The fourth-order valence-electron chi connectivity index (χ4n) is 2.84. The highest BCUT2D eigenvalue weighted by Crippen LogP contribution is 2.31. The second-order valence-electron chi connectivity index (χ2n) is 6.80. The minimum atomic E-state index is -0.875. The van der Waals surface area contributed by atoms with Crippen LogP contribution in [0.1, 0.15) is 46.5 Å². The van der Waals surface area contributed by atoms with E-state index in [0.29, 0.717) is 12.5 Å². The van der Waals surface area contributed by atoms with E-state index in [9.17, 15) is 14.7 Å². The maximum absolute atomic E-state index is 12.0. The van der Waals surface area contributed by atoms with Gasteiger partial charge in [-0.3, -0.25) is 9.63 Å². The number of carbonyl (C=O) groups excluding carboxylic acids is 1. The topological polar surface area (TPSA) is 70.1 Å². The minimum absolute atomic E-state index is 0.000820. The van der Waals surface area contributed by atoms with Crippen LogP contribution in [0.5, 0.6) is 0 Å². The molecule has 0 aromatic carbocycles. The third kappa shape index (κ3) is 4.88. The molecule has 1 N–H and O–H groups in total. The molecule has 0 atom stereocenters. The summed E-state index contributed by atoms with van der Waals surface area (Å²) < 4.78 is 0. The SMILES string of the molecule is CON(C)C(=O)C1CCC(CN(C(=O)O)C(C)(C)C)CC1. The molecule has 1 aliphatic rings. The predicted molar refractivity (Wildman–Crippen MR) is 79.7 cm³/mol. The maximum Gasteiger partial charge on any atom is 0.407 e. The monoisotopic (exact) mass is 300 g/mol. The van der Waals surface area contributed by atoms with Gasteiger partial charge < -0.3 is 10.0 Å². The summed E-state index contributed by atoms with van der Waals surface area (Å²) in [4.78, 5) is 29.8. The van der Waals surface area contributed by atoms with Gasteiger partial charge in [0.25, 0.3) is 0 Å². The molecule has 6 nitrogen and oxygen atoms in total. The number of nitrogens with zero attached hydrogens (tertiary/aromatic N) is 2. The molecule has 0 aromatic heterocycles. The van der Waals surface area contributed by atoms with Crippen LogP contribution in [0.2, 0.25) is 0 Å². The molecule has 1 fully saturated rings. The van der Waals surface area contributed by atoms with E-state index in [1.807, 2.05) is 20.8 Å². The van der Waals surface area contributed by atoms with E-state index in [4.69, 9.17) is 4.84 Å². The number of hydrogen-bond donors (Lipinski definition) is 1. The van der Waals surface area contributed by atoms with Gasteiger partial charge in [0.2, 0.25) is 5.91 Å². The molecule has 6 heteroatoms. The fourth-order valence-corrected chi connectivity index (χ4v) is 2.84. The van der Waals surface area contributed by atoms with Crippen LogP contribution in [0.4, 0.5) is 4.79 Å². The van der Waals surface area contributed by atoms with Gasteiger partial charge in [0.1, 0.15) is 0 Å². The molecule has 0 unspecified atom stereocenters. The average molecular weight is 300 g/mol. The second-order valence-corrected chi connectivity index (χ2v) is 6.80. The van der Waals surface area contributed by atoms with Crippen LogP contribution >= 0.6 is 0 Å². The maximum atomic E-state index is 12.0. The smallest absolute Gasteiger partial charge is 0.407 e. The average Bonchev–Trinajstić information content (AvgIpc) is 2.42. The van der Waals surface area contributed by atoms with Crippen molar-refractivity contribution in [3.63, 3.8) is 0 Å². The summed E-state index contributed by atoms with van der Waals surface area (Å²) in [6.07, 6.45) is 2.49. The highest BCUT2D eigenvalue weighted by molar-refractivity contribution is 5.77. The quantitative estimate of drug-likeness (QED) is 0.810. The lowest BCUT2D eigenvalue weighted by molar-refractivity contribution is -0.174. The van der Waals surface area contributed by atoms with Gasteiger partial charge in [-0.25, -0.2) is 9.86 Å². The molecule has 1 saturated carbocycles. The van der Waals surface area contributed by atoms with Crippen LogP contribution in [-0.2, 0) is 9.63 Å². The lowest BCUT2D eigenvalue weighted by atomic mass is 9.81. The lowest BCUT2D eigenvalue weighted by Gasteiger charge is -2.38. The first-order valence-electron chi connectivity index (χ1n) is 7.49. The molecule has 0 bridgehead atoms. The van der Waals surface area contributed by atoms with Crippen molar-refractivity contribution in [1.82, 2.24) is 9.96 Å². The highest BCUT2D eigenvalue weighted by Gasteiger charge is 2.33. The van der Waals surface area contributed by atoms with E-state index >= 15 is 0 Å². The Hall–Kier alpha value is -1.30. The Kier molecular flexibility index (Phi) is 6.01. The van der Waals surface area contributed by atoms with Crippen LogP contribution in [0.25, 0.3) is 0 Å². The van der Waals surface area contributed by atoms with Gasteiger partial charge in [-0.05, 0) is 52.4 Å². The number of carboxylic acid groups (broad SMARTS) is 1. The van der Waals surface area contributed by atoms with Gasteiger partial charge in [0.15, 0.2) is 0 Å². The van der Waals surface area contributed by atoms with E-state index in [1.54, 1.807) is 7.05 Å². The molecule has 0 radical (unpaired) electrons. The van der Waals surface area contributed by atoms with Gasteiger partial charge in [0, 0.05) is 25.0 Å². The second kappa shape index (κ2) is 7.11. The number of hydroxylamine groups is 2. The van der Waals surface area contributed by atoms with Gasteiger partial charge >= 0.3 is 6.09 Å². The number of hydrogen-bond acceptors (Lipinski definition) is 3. The molecule has 1 aliphatic carbocycles. The first kappa shape index (κ1) is 17.8. The fraction of sp³-hybridized carbons (Fsp3) is 0.867. The van der Waals surface area contributed by atoms with Gasteiger partial charge in [-0.15, -0.1) is 0 Å². The highest BCUT2D eigenvalue weighted by atomic mass is 16.7. The van der Waals surface area contributed by atoms with E-state index in [2.05, 4.69) is 0 Å². The zero-order chi connectivity index (χ0) is 16.2. The number of rotatable bonds is 4. The summed E-state index contributed by atoms with van der Waals surface area (Å²) in [5.41, 5.74) is -0.394. The van der Waals surface area contributed by atoms with Crippen molar-refractivity contribution in [1.29, 1.82) is 0 Å². The summed E-state index contributed by atoms with van der Waals surface area (Å²) in [5, 5.41) is 10.6. The summed E-state index contributed by atoms with van der Waals surface area (Å²) >= 11 is 0. The Balaban J connectivity index is 2.53. The molecule has 0 spiro atoms. The Labute approximate surface area is 127 Å². The summed E-state index contributed by atoms with van der Waals surface area (Å²) in [7, 11) is 3.11. The van der Waals surface area contributed by atoms with Crippen molar-refractivity contribution >= 4 is 12.0 Å². The van der Waals surface area contributed by atoms with Crippen molar-refractivity contribution < 1.29 is 19.5 Å². The van der Waals surface area contributed by atoms with Crippen molar-refractivity contribution in [3.05, 3.63) is 0 Å². The summed E-state index contributed by atoms with van der Waals surface area (Å²) in [6.45, 7) is 6.26. The van der Waals surface area contributed by atoms with Gasteiger partial charge in [-0.1, -0.05) is 0 Å². The molecule has 0 aromatic rings. The molecular formula is C15H28N2O4. The Morgan fingerprint density at radius 3 is 2.10 bits per heavy atom. The van der Waals surface area contributed by atoms with Crippen molar-refractivity contribution in [3.8, 4) is 0 Å². The molecule has 1 rings (SSSR count). The zero-order valence-electron chi connectivity index (χ0n) is 13.8. The van der Waals surface area contributed by atoms with Gasteiger partial charge in [0.05, 0.1) is 7.11 Å². The van der Waals surface area contributed by atoms with Crippen LogP contribution < -0.4 is 0 Å². The van der Waals surface area contributed by atoms with E-state index in [0.717, 1.165) is 25.7 Å². The Morgan fingerprint density at radius 2 is 1.71 bits per heavy atom. The zero-order valence-corrected chi connectivity index (χ0v) is 13.8. The molecule has 0 aliphatic heterocycles.